The third-order valence-corrected chi connectivity index (χ3v) is 3.74. The number of hydrogen-bond acceptors (Lipinski definition) is 6. The van der Waals surface area contributed by atoms with Crippen LogP contribution in [0.4, 0.5) is 0 Å². The molecule has 0 amide bonds. The molecule has 0 saturated carbocycles. The number of aromatic nitrogens is 2. The van der Waals surface area contributed by atoms with Gasteiger partial charge in [0, 0.05) is 10.0 Å². The van der Waals surface area contributed by atoms with Gasteiger partial charge in [-0.2, -0.15) is 4.98 Å². The lowest BCUT2D eigenvalue weighted by atomic mass is 10.1. The van der Waals surface area contributed by atoms with Gasteiger partial charge < -0.3 is 14.4 Å². The van der Waals surface area contributed by atoms with E-state index in [1.165, 1.54) is 0 Å². The van der Waals surface area contributed by atoms with E-state index in [2.05, 4.69) is 26.1 Å². The highest BCUT2D eigenvalue weighted by Crippen LogP contribution is 2.20. The fourth-order valence-corrected chi connectivity index (χ4v) is 2.41. The second kappa shape index (κ2) is 7.37. The summed E-state index contributed by atoms with van der Waals surface area (Å²) in [6.45, 7) is -0.183. The molecule has 0 unspecified atom stereocenters. The van der Waals surface area contributed by atoms with Crippen molar-refractivity contribution < 1.29 is 19.2 Å². The highest BCUT2D eigenvalue weighted by atomic mass is 79.9. The quantitative estimate of drug-likeness (QED) is 0.674. The molecule has 0 atom stereocenters. The Bertz CT molecular complexity index is 846. The summed E-state index contributed by atoms with van der Waals surface area (Å²) >= 11 is 3.38. The summed E-state index contributed by atoms with van der Waals surface area (Å²) in [5.41, 5.74) is 1.91. The average molecular weight is 389 g/mol. The Hall–Kier alpha value is -2.51. The number of carbonyl (C=O) groups excluding carboxylic acids is 1. The molecular formula is C17H13BrN2O4. The molecule has 0 bridgehead atoms. The lowest BCUT2D eigenvalue weighted by Crippen LogP contribution is -2.05. The van der Waals surface area contributed by atoms with Crippen LogP contribution in [0.1, 0.15) is 21.8 Å². The first-order valence-electron chi connectivity index (χ1n) is 7.11. The van der Waals surface area contributed by atoms with Crippen molar-refractivity contribution in [2.45, 2.75) is 13.2 Å². The SMILES string of the molecule is O=C(OCc1nc(-c2cccc(Br)c2)no1)c1ccc(CO)cc1. The average Bonchev–Trinajstić information content (AvgIpc) is 3.09. The largest absolute Gasteiger partial charge is 0.452 e. The summed E-state index contributed by atoms with van der Waals surface area (Å²) in [5.74, 6) is 0.140. The number of halogens is 1. The normalized spacial score (nSPS) is 10.6. The molecule has 0 fully saturated rings. The Kier molecular flexibility index (Phi) is 5.02. The lowest BCUT2D eigenvalue weighted by Gasteiger charge is -2.02. The Labute approximate surface area is 146 Å². The fraction of sp³-hybridized carbons (Fsp3) is 0.118. The molecule has 7 heteroatoms. The van der Waals surface area contributed by atoms with Crippen molar-refractivity contribution in [1.29, 1.82) is 0 Å². The first kappa shape index (κ1) is 16.4. The summed E-state index contributed by atoms with van der Waals surface area (Å²) < 4.78 is 11.2. The maximum absolute atomic E-state index is 12.0. The van der Waals surface area contributed by atoms with E-state index >= 15 is 0 Å². The number of benzene rings is 2. The van der Waals surface area contributed by atoms with Gasteiger partial charge >= 0.3 is 5.97 Å². The van der Waals surface area contributed by atoms with E-state index in [4.69, 9.17) is 14.4 Å². The topological polar surface area (TPSA) is 85.5 Å². The van der Waals surface area contributed by atoms with Gasteiger partial charge in [-0.25, -0.2) is 4.79 Å². The van der Waals surface area contributed by atoms with Gasteiger partial charge in [-0.15, -0.1) is 0 Å². The molecule has 0 aliphatic carbocycles. The highest BCUT2D eigenvalue weighted by molar-refractivity contribution is 9.10. The molecular weight excluding hydrogens is 376 g/mol. The number of esters is 1. The van der Waals surface area contributed by atoms with Crippen LogP contribution in [0, 0.1) is 0 Å². The number of carbonyl (C=O) groups is 1. The zero-order valence-corrected chi connectivity index (χ0v) is 14.1. The Morgan fingerprint density at radius 2 is 2.00 bits per heavy atom. The standard InChI is InChI=1S/C17H13BrN2O4/c18-14-3-1-2-13(8-14)16-19-15(24-20-16)10-23-17(22)12-6-4-11(9-21)5-7-12/h1-8,21H,9-10H2. The molecule has 0 spiro atoms. The van der Waals surface area contributed by atoms with E-state index < -0.39 is 5.97 Å². The number of aliphatic hydroxyl groups is 1. The van der Waals surface area contributed by atoms with Crippen LogP contribution >= 0.6 is 15.9 Å². The smallest absolute Gasteiger partial charge is 0.338 e. The van der Waals surface area contributed by atoms with Gasteiger partial charge in [0.15, 0.2) is 6.61 Å². The van der Waals surface area contributed by atoms with Gasteiger partial charge in [-0.1, -0.05) is 45.4 Å². The number of hydrogen-bond donors (Lipinski definition) is 1. The molecule has 24 heavy (non-hydrogen) atoms. The van der Waals surface area contributed by atoms with Crippen molar-refractivity contribution in [2.24, 2.45) is 0 Å². The van der Waals surface area contributed by atoms with Gasteiger partial charge in [0.2, 0.25) is 5.82 Å². The van der Waals surface area contributed by atoms with Gasteiger partial charge in [0.1, 0.15) is 0 Å². The maximum Gasteiger partial charge on any atom is 0.338 e. The summed E-state index contributed by atoms with van der Waals surface area (Å²) in [5, 5.41) is 12.9. The van der Waals surface area contributed by atoms with E-state index in [0.717, 1.165) is 15.6 Å². The predicted octanol–water partition coefficient (Wildman–Crippen LogP) is 3.35. The summed E-state index contributed by atoms with van der Waals surface area (Å²) in [6, 6.07) is 14.0. The summed E-state index contributed by atoms with van der Waals surface area (Å²) in [4.78, 5) is 16.2. The van der Waals surface area contributed by atoms with Gasteiger partial charge in [0.05, 0.1) is 12.2 Å². The van der Waals surface area contributed by atoms with Gasteiger partial charge in [-0.3, -0.25) is 0 Å². The van der Waals surface area contributed by atoms with E-state index in [9.17, 15) is 4.79 Å². The second-order valence-corrected chi connectivity index (χ2v) is 5.87. The molecule has 0 saturated heterocycles. The molecule has 1 heterocycles. The van der Waals surface area contributed by atoms with Crippen molar-refractivity contribution in [3.8, 4) is 11.4 Å². The third kappa shape index (κ3) is 3.87. The molecule has 2 aromatic carbocycles. The van der Waals surface area contributed by atoms with Crippen LogP contribution in [-0.2, 0) is 18.0 Å². The molecule has 6 nitrogen and oxygen atoms in total. The number of aliphatic hydroxyl groups excluding tert-OH is 1. The highest BCUT2D eigenvalue weighted by Gasteiger charge is 2.12. The molecule has 3 aromatic rings. The van der Waals surface area contributed by atoms with Crippen molar-refractivity contribution in [3.05, 3.63) is 70.0 Å². The van der Waals surface area contributed by atoms with Crippen molar-refractivity contribution in [2.75, 3.05) is 0 Å². The van der Waals surface area contributed by atoms with Crippen LogP contribution in [0.15, 0.2) is 57.5 Å². The molecule has 0 radical (unpaired) electrons. The van der Waals surface area contributed by atoms with Crippen LogP contribution in [0.3, 0.4) is 0 Å². The van der Waals surface area contributed by atoms with E-state index in [1.54, 1.807) is 24.3 Å². The maximum atomic E-state index is 12.0. The molecule has 122 valence electrons. The van der Waals surface area contributed by atoms with Crippen LogP contribution in [0.5, 0.6) is 0 Å². The van der Waals surface area contributed by atoms with Crippen molar-refractivity contribution in [3.63, 3.8) is 0 Å². The molecule has 1 aromatic heterocycles. The second-order valence-electron chi connectivity index (χ2n) is 4.95. The molecule has 1 N–H and O–H groups in total. The fourth-order valence-electron chi connectivity index (χ4n) is 2.02. The van der Waals surface area contributed by atoms with Crippen LogP contribution in [0.25, 0.3) is 11.4 Å². The minimum absolute atomic E-state index is 0.0737. The van der Waals surface area contributed by atoms with Crippen molar-refractivity contribution in [1.82, 2.24) is 10.1 Å². The molecule has 0 aliphatic rings. The van der Waals surface area contributed by atoms with Gasteiger partial charge in [-0.05, 0) is 29.8 Å². The van der Waals surface area contributed by atoms with E-state index in [1.807, 2.05) is 24.3 Å². The summed E-state index contributed by atoms with van der Waals surface area (Å²) in [6.07, 6.45) is 0. The lowest BCUT2D eigenvalue weighted by molar-refractivity contribution is 0.0429. The van der Waals surface area contributed by atoms with Gasteiger partial charge in [0.25, 0.3) is 5.89 Å². The Morgan fingerprint density at radius 3 is 2.71 bits per heavy atom. The number of ether oxygens (including phenoxy) is 1. The molecule has 0 aliphatic heterocycles. The number of nitrogens with zero attached hydrogens (tertiary/aromatic N) is 2. The Morgan fingerprint density at radius 1 is 1.21 bits per heavy atom. The molecule has 3 rings (SSSR count). The minimum atomic E-state index is -0.498. The van der Waals surface area contributed by atoms with Crippen molar-refractivity contribution >= 4 is 21.9 Å². The third-order valence-electron chi connectivity index (χ3n) is 3.25. The van der Waals surface area contributed by atoms with E-state index in [0.29, 0.717) is 11.4 Å². The minimum Gasteiger partial charge on any atom is -0.452 e. The van der Waals surface area contributed by atoms with E-state index in [-0.39, 0.29) is 19.1 Å². The first-order chi connectivity index (χ1) is 11.7. The summed E-state index contributed by atoms with van der Waals surface area (Å²) in [7, 11) is 0. The predicted molar refractivity (Wildman–Crippen MR) is 88.9 cm³/mol. The number of rotatable bonds is 5. The van der Waals surface area contributed by atoms with Crippen LogP contribution in [-0.4, -0.2) is 21.2 Å². The zero-order chi connectivity index (χ0) is 16.9. The monoisotopic (exact) mass is 388 g/mol. The Balaban J connectivity index is 1.63. The zero-order valence-electron chi connectivity index (χ0n) is 12.5. The van der Waals surface area contributed by atoms with Crippen LogP contribution < -0.4 is 0 Å². The van der Waals surface area contributed by atoms with Crippen LogP contribution in [0.2, 0.25) is 0 Å². The first-order valence-corrected chi connectivity index (χ1v) is 7.90.